The molecule has 0 saturated carbocycles. The minimum Gasteiger partial charge on any atom is -0.355 e. The van der Waals surface area contributed by atoms with E-state index in [2.05, 4.69) is 45.3 Å². The molecule has 0 bridgehead atoms. The van der Waals surface area contributed by atoms with Crippen molar-refractivity contribution in [3.8, 4) is 12.3 Å². The van der Waals surface area contributed by atoms with Gasteiger partial charge in [-0.05, 0) is 55.8 Å². The van der Waals surface area contributed by atoms with Crippen LogP contribution in [0, 0.1) is 19.3 Å². The molecule has 1 aliphatic heterocycles. The Hall–Kier alpha value is -2.74. The van der Waals surface area contributed by atoms with Crippen LogP contribution < -0.4 is 5.32 Å². The van der Waals surface area contributed by atoms with Gasteiger partial charge in [0, 0.05) is 41.6 Å². The number of aromatic nitrogens is 2. The third-order valence-corrected chi connectivity index (χ3v) is 5.48. The average Bonchev–Trinajstić information content (AvgIpc) is 3.10. The highest BCUT2D eigenvalue weighted by molar-refractivity contribution is 6.32. The summed E-state index contributed by atoms with van der Waals surface area (Å²) >= 11 is 6.27. The summed E-state index contributed by atoms with van der Waals surface area (Å²) in [5.41, 5.74) is 6.89. The number of halogens is 1. The highest BCUT2D eigenvalue weighted by atomic mass is 35.5. The number of H-pyrrole nitrogens is 1. The van der Waals surface area contributed by atoms with Crippen LogP contribution >= 0.6 is 11.6 Å². The molecule has 1 aromatic carbocycles. The van der Waals surface area contributed by atoms with Gasteiger partial charge in [-0.3, -0.25) is 0 Å². The fraction of sp³-hybridized carbons (Fsp3) is 0.227. The van der Waals surface area contributed by atoms with Crippen molar-refractivity contribution in [2.75, 3.05) is 25.5 Å². The van der Waals surface area contributed by atoms with E-state index < -0.39 is 0 Å². The first-order chi connectivity index (χ1) is 13.0. The zero-order valence-electron chi connectivity index (χ0n) is 15.4. The molecule has 0 spiro atoms. The van der Waals surface area contributed by atoms with Crippen molar-refractivity contribution in [3.63, 3.8) is 0 Å². The summed E-state index contributed by atoms with van der Waals surface area (Å²) in [5, 5.41) is 5.15. The van der Waals surface area contributed by atoms with E-state index in [4.69, 9.17) is 18.0 Å². The number of benzene rings is 1. The Labute approximate surface area is 164 Å². The van der Waals surface area contributed by atoms with Crippen LogP contribution in [0.25, 0.3) is 16.6 Å². The highest BCUT2D eigenvalue weighted by Crippen LogP contribution is 2.32. The van der Waals surface area contributed by atoms with Crippen molar-refractivity contribution in [3.05, 3.63) is 58.4 Å². The van der Waals surface area contributed by atoms with Crippen molar-refractivity contribution >= 4 is 39.6 Å². The summed E-state index contributed by atoms with van der Waals surface area (Å²) in [6, 6.07) is 8.05. The van der Waals surface area contributed by atoms with E-state index in [-0.39, 0.29) is 0 Å². The number of nitrogens with one attached hydrogen (secondary N) is 2. The molecule has 0 aliphatic carbocycles. The van der Waals surface area contributed by atoms with Gasteiger partial charge < -0.3 is 15.2 Å². The SMILES string of the molecule is C#Cc1cc(Nc2ccnc3[nH]c(C4=CCN(C)CC4)cc23)cc(C)c1Cl. The molecule has 0 radical (unpaired) electrons. The first-order valence-electron chi connectivity index (χ1n) is 8.94. The predicted octanol–water partition coefficient (Wildman–Crippen LogP) is 4.97. The number of hydrogen-bond acceptors (Lipinski definition) is 3. The lowest BCUT2D eigenvalue weighted by atomic mass is 10.1. The van der Waals surface area contributed by atoms with Crippen LogP contribution in [0.1, 0.15) is 23.2 Å². The fourth-order valence-corrected chi connectivity index (χ4v) is 3.59. The summed E-state index contributed by atoms with van der Waals surface area (Å²) < 4.78 is 0. The van der Waals surface area contributed by atoms with Crippen molar-refractivity contribution in [2.24, 2.45) is 0 Å². The molecule has 2 aromatic heterocycles. The molecule has 2 N–H and O–H groups in total. The lowest BCUT2D eigenvalue weighted by Crippen LogP contribution is -2.23. The van der Waals surface area contributed by atoms with Gasteiger partial charge in [0.25, 0.3) is 0 Å². The first kappa shape index (κ1) is 17.7. The second-order valence-electron chi connectivity index (χ2n) is 6.97. The van der Waals surface area contributed by atoms with Gasteiger partial charge in [-0.25, -0.2) is 4.98 Å². The summed E-state index contributed by atoms with van der Waals surface area (Å²) in [7, 11) is 2.14. The Morgan fingerprint density at radius 3 is 2.93 bits per heavy atom. The van der Waals surface area contributed by atoms with Gasteiger partial charge in [-0.1, -0.05) is 23.6 Å². The van der Waals surface area contributed by atoms with E-state index in [0.29, 0.717) is 10.6 Å². The number of terminal acetylenes is 1. The number of anilines is 2. The number of aromatic amines is 1. The van der Waals surface area contributed by atoms with Crippen LogP contribution in [-0.2, 0) is 0 Å². The second kappa shape index (κ2) is 7.11. The van der Waals surface area contributed by atoms with Crippen LogP contribution in [-0.4, -0.2) is 35.0 Å². The Morgan fingerprint density at radius 2 is 2.19 bits per heavy atom. The molecule has 0 saturated heterocycles. The molecule has 3 aromatic rings. The van der Waals surface area contributed by atoms with Gasteiger partial charge in [0.2, 0.25) is 0 Å². The summed E-state index contributed by atoms with van der Waals surface area (Å²) in [6.45, 7) is 4.00. The second-order valence-corrected chi connectivity index (χ2v) is 7.35. The smallest absolute Gasteiger partial charge is 0.139 e. The number of likely N-dealkylation sites (N-methyl/N-ethyl adjacent to an activating group) is 1. The minimum absolute atomic E-state index is 0.626. The number of fused-ring (bicyclic) bond motifs is 1. The molecule has 1 aliphatic rings. The average molecular weight is 377 g/mol. The van der Waals surface area contributed by atoms with Crippen LogP contribution in [0.5, 0.6) is 0 Å². The number of hydrogen-bond donors (Lipinski definition) is 2. The van der Waals surface area contributed by atoms with Crippen molar-refractivity contribution in [1.29, 1.82) is 0 Å². The summed E-state index contributed by atoms with van der Waals surface area (Å²) in [4.78, 5) is 10.3. The summed E-state index contributed by atoms with van der Waals surface area (Å²) in [6.07, 6.45) is 10.7. The van der Waals surface area contributed by atoms with E-state index in [1.165, 1.54) is 5.57 Å². The summed E-state index contributed by atoms with van der Waals surface area (Å²) in [5.74, 6) is 2.65. The van der Waals surface area contributed by atoms with Gasteiger partial charge in [0.15, 0.2) is 0 Å². The van der Waals surface area contributed by atoms with Crippen molar-refractivity contribution in [2.45, 2.75) is 13.3 Å². The van der Waals surface area contributed by atoms with Gasteiger partial charge >= 0.3 is 0 Å². The lowest BCUT2D eigenvalue weighted by Gasteiger charge is -2.21. The van der Waals surface area contributed by atoms with E-state index in [1.54, 1.807) is 6.20 Å². The van der Waals surface area contributed by atoms with Gasteiger partial charge in [-0.15, -0.1) is 6.42 Å². The number of nitrogens with zero attached hydrogens (tertiary/aromatic N) is 2. The molecular formula is C22H21ClN4. The molecule has 136 valence electrons. The zero-order chi connectivity index (χ0) is 19.0. The largest absolute Gasteiger partial charge is 0.355 e. The molecule has 3 heterocycles. The van der Waals surface area contributed by atoms with Gasteiger partial charge in [0.05, 0.1) is 10.7 Å². The Kier molecular flexibility index (Phi) is 4.65. The van der Waals surface area contributed by atoms with Gasteiger partial charge in [0.1, 0.15) is 5.65 Å². The molecule has 0 fully saturated rings. The van der Waals surface area contributed by atoms with E-state index >= 15 is 0 Å². The first-order valence-corrected chi connectivity index (χ1v) is 9.32. The molecule has 5 heteroatoms. The molecule has 27 heavy (non-hydrogen) atoms. The maximum Gasteiger partial charge on any atom is 0.139 e. The third kappa shape index (κ3) is 3.44. The molecule has 0 unspecified atom stereocenters. The quantitative estimate of drug-likeness (QED) is 0.634. The Balaban J connectivity index is 1.71. The monoisotopic (exact) mass is 376 g/mol. The Bertz CT molecular complexity index is 1090. The number of pyridine rings is 1. The number of rotatable bonds is 3. The van der Waals surface area contributed by atoms with E-state index in [0.717, 1.165) is 53.2 Å². The maximum atomic E-state index is 6.27. The topological polar surface area (TPSA) is 44.0 Å². The maximum absolute atomic E-state index is 6.27. The number of aryl methyl sites for hydroxylation is 1. The van der Waals surface area contributed by atoms with Crippen LogP contribution in [0.15, 0.2) is 36.5 Å². The van der Waals surface area contributed by atoms with E-state index in [1.807, 2.05) is 25.1 Å². The van der Waals surface area contributed by atoms with Crippen molar-refractivity contribution < 1.29 is 0 Å². The molecule has 0 atom stereocenters. The lowest BCUT2D eigenvalue weighted by molar-refractivity contribution is 0.370. The van der Waals surface area contributed by atoms with Crippen molar-refractivity contribution in [1.82, 2.24) is 14.9 Å². The molecular weight excluding hydrogens is 356 g/mol. The van der Waals surface area contributed by atoms with Crippen LogP contribution in [0.2, 0.25) is 5.02 Å². The van der Waals surface area contributed by atoms with E-state index in [9.17, 15) is 0 Å². The minimum atomic E-state index is 0.626. The van der Waals surface area contributed by atoms with Crippen LogP contribution in [0.4, 0.5) is 11.4 Å². The Morgan fingerprint density at radius 1 is 1.33 bits per heavy atom. The fourth-order valence-electron chi connectivity index (χ4n) is 3.43. The van der Waals surface area contributed by atoms with Gasteiger partial charge in [-0.2, -0.15) is 0 Å². The molecule has 4 nitrogen and oxygen atoms in total. The molecule has 4 rings (SSSR count). The van der Waals surface area contributed by atoms with Crippen LogP contribution in [0.3, 0.4) is 0 Å². The predicted molar refractivity (Wildman–Crippen MR) is 114 cm³/mol. The highest BCUT2D eigenvalue weighted by Gasteiger charge is 2.14. The zero-order valence-corrected chi connectivity index (χ0v) is 16.2. The standard InChI is InChI=1S/C22H21ClN4/c1-4-15-12-17(11-14(2)21(15)23)25-19-5-8-24-22-18(19)13-20(26-22)16-6-9-27(3)10-7-16/h1,5-6,8,11-13H,7,9-10H2,2-3H3,(H2,24,25,26). The molecule has 0 amide bonds. The third-order valence-electron chi connectivity index (χ3n) is 4.98. The normalized spacial score (nSPS) is 14.8.